The fourth-order valence-corrected chi connectivity index (χ4v) is 2.90. The van der Waals surface area contributed by atoms with Gasteiger partial charge >= 0.3 is 0 Å². The maximum atomic E-state index is 13.8. The summed E-state index contributed by atoms with van der Waals surface area (Å²) in [6, 6.07) is 13.7. The SMILES string of the molecule is CN=C(NCc1ccc(Cn2ccnc2)cc1)NC(C)c1ccc(C)c(F)c1. The molecule has 1 unspecified atom stereocenters. The number of imidazole rings is 1. The summed E-state index contributed by atoms with van der Waals surface area (Å²) >= 11 is 0. The first kappa shape index (κ1) is 19.6. The van der Waals surface area contributed by atoms with E-state index < -0.39 is 0 Å². The number of rotatable bonds is 6. The molecule has 0 aliphatic rings. The molecule has 2 N–H and O–H groups in total. The van der Waals surface area contributed by atoms with Crippen LogP contribution in [-0.2, 0) is 13.1 Å². The van der Waals surface area contributed by atoms with Crippen LogP contribution in [0.4, 0.5) is 4.39 Å². The lowest BCUT2D eigenvalue weighted by atomic mass is 10.1. The van der Waals surface area contributed by atoms with Crippen LogP contribution in [0.3, 0.4) is 0 Å². The average Bonchev–Trinajstić information content (AvgIpc) is 3.21. The summed E-state index contributed by atoms with van der Waals surface area (Å²) in [6.45, 7) is 5.21. The van der Waals surface area contributed by atoms with Crippen LogP contribution in [0.5, 0.6) is 0 Å². The number of guanidine groups is 1. The van der Waals surface area contributed by atoms with Crippen molar-refractivity contribution in [3.8, 4) is 0 Å². The van der Waals surface area contributed by atoms with Gasteiger partial charge in [-0.2, -0.15) is 0 Å². The van der Waals surface area contributed by atoms with Crippen molar-refractivity contribution in [1.82, 2.24) is 20.2 Å². The van der Waals surface area contributed by atoms with Gasteiger partial charge in [0.1, 0.15) is 5.82 Å². The highest BCUT2D eigenvalue weighted by atomic mass is 19.1. The van der Waals surface area contributed by atoms with Crippen molar-refractivity contribution in [2.45, 2.75) is 33.0 Å². The van der Waals surface area contributed by atoms with Crippen molar-refractivity contribution in [3.63, 3.8) is 0 Å². The van der Waals surface area contributed by atoms with Crippen LogP contribution in [0.15, 0.2) is 66.2 Å². The maximum absolute atomic E-state index is 13.8. The van der Waals surface area contributed by atoms with Crippen molar-refractivity contribution < 1.29 is 4.39 Å². The van der Waals surface area contributed by atoms with Gasteiger partial charge in [0, 0.05) is 32.5 Å². The fourth-order valence-electron chi connectivity index (χ4n) is 2.90. The molecular formula is C22H26FN5. The third-order valence-electron chi connectivity index (χ3n) is 4.68. The zero-order chi connectivity index (χ0) is 19.9. The molecule has 6 heteroatoms. The molecule has 0 spiro atoms. The minimum absolute atomic E-state index is 0.0566. The smallest absolute Gasteiger partial charge is 0.191 e. The minimum Gasteiger partial charge on any atom is -0.352 e. The summed E-state index contributed by atoms with van der Waals surface area (Å²) in [6.07, 6.45) is 5.54. The van der Waals surface area contributed by atoms with E-state index in [-0.39, 0.29) is 11.9 Å². The van der Waals surface area contributed by atoms with Gasteiger partial charge < -0.3 is 15.2 Å². The summed E-state index contributed by atoms with van der Waals surface area (Å²) < 4.78 is 15.8. The van der Waals surface area contributed by atoms with E-state index in [0.717, 1.165) is 17.7 Å². The molecule has 2 aromatic carbocycles. The topological polar surface area (TPSA) is 54.2 Å². The van der Waals surface area contributed by atoms with Crippen LogP contribution in [0.2, 0.25) is 0 Å². The van der Waals surface area contributed by atoms with Crippen LogP contribution in [-0.4, -0.2) is 22.6 Å². The molecule has 1 atom stereocenters. The Balaban J connectivity index is 1.54. The van der Waals surface area contributed by atoms with Crippen LogP contribution in [0, 0.1) is 12.7 Å². The van der Waals surface area contributed by atoms with Gasteiger partial charge in [0.15, 0.2) is 5.96 Å². The second kappa shape index (κ2) is 9.17. The normalized spacial score (nSPS) is 12.6. The van der Waals surface area contributed by atoms with Crippen LogP contribution < -0.4 is 10.6 Å². The Hall–Kier alpha value is -3.15. The molecule has 0 fully saturated rings. The quantitative estimate of drug-likeness (QED) is 0.506. The van der Waals surface area contributed by atoms with E-state index in [9.17, 15) is 4.39 Å². The number of hydrogen-bond donors (Lipinski definition) is 2. The highest BCUT2D eigenvalue weighted by Gasteiger charge is 2.10. The van der Waals surface area contributed by atoms with E-state index in [1.54, 1.807) is 32.3 Å². The van der Waals surface area contributed by atoms with Crippen molar-refractivity contribution in [3.05, 3.63) is 89.3 Å². The summed E-state index contributed by atoms with van der Waals surface area (Å²) in [7, 11) is 1.73. The molecule has 0 saturated heterocycles. The molecule has 1 aromatic heterocycles. The van der Waals surface area contributed by atoms with Crippen LogP contribution in [0.1, 0.15) is 35.2 Å². The molecule has 0 saturated carbocycles. The second-order valence-corrected chi connectivity index (χ2v) is 6.85. The average molecular weight is 379 g/mol. The summed E-state index contributed by atoms with van der Waals surface area (Å²) in [5.41, 5.74) is 3.91. The highest BCUT2D eigenvalue weighted by molar-refractivity contribution is 5.80. The number of aliphatic imine (C=N–C) groups is 1. The molecule has 0 bridgehead atoms. The van der Waals surface area contributed by atoms with E-state index in [1.165, 1.54) is 5.56 Å². The zero-order valence-electron chi connectivity index (χ0n) is 16.5. The Morgan fingerprint density at radius 3 is 2.57 bits per heavy atom. The molecule has 5 nitrogen and oxygen atoms in total. The Labute approximate surface area is 165 Å². The number of nitrogens with one attached hydrogen (secondary N) is 2. The molecule has 3 aromatic rings. The lowest BCUT2D eigenvalue weighted by Crippen LogP contribution is -2.38. The molecule has 146 valence electrons. The molecule has 3 rings (SSSR count). The van der Waals surface area contributed by atoms with Crippen molar-refractivity contribution in [2.75, 3.05) is 7.05 Å². The van der Waals surface area contributed by atoms with Crippen molar-refractivity contribution in [2.24, 2.45) is 4.99 Å². The summed E-state index contributed by atoms with van der Waals surface area (Å²) in [5.74, 6) is 0.487. The number of benzene rings is 2. The Bertz CT molecular complexity index is 917. The lowest BCUT2D eigenvalue weighted by molar-refractivity contribution is 0.607. The molecule has 1 heterocycles. The van der Waals surface area contributed by atoms with E-state index >= 15 is 0 Å². The fraction of sp³-hybridized carbons (Fsp3) is 0.273. The summed E-state index contributed by atoms with van der Waals surface area (Å²) in [4.78, 5) is 8.33. The molecular weight excluding hydrogens is 353 g/mol. The first-order valence-electron chi connectivity index (χ1n) is 9.32. The molecule has 0 radical (unpaired) electrons. The van der Waals surface area contributed by atoms with Gasteiger partial charge in [-0.15, -0.1) is 0 Å². The first-order valence-corrected chi connectivity index (χ1v) is 9.32. The minimum atomic E-state index is -0.190. The second-order valence-electron chi connectivity index (χ2n) is 6.85. The molecule has 0 amide bonds. The van der Waals surface area contributed by atoms with E-state index in [0.29, 0.717) is 18.1 Å². The summed E-state index contributed by atoms with van der Waals surface area (Å²) in [5, 5.41) is 6.61. The Morgan fingerprint density at radius 2 is 1.93 bits per heavy atom. The van der Waals surface area contributed by atoms with Crippen LogP contribution >= 0.6 is 0 Å². The number of hydrogen-bond acceptors (Lipinski definition) is 2. The van der Waals surface area contributed by atoms with E-state index in [2.05, 4.69) is 44.9 Å². The number of halogens is 1. The van der Waals surface area contributed by atoms with Gasteiger partial charge in [-0.3, -0.25) is 4.99 Å². The van der Waals surface area contributed by atoms with E-state index in [4.69, 9.17) is 0 Å². The van der Waals surface area contributed by atoms with Gasteiger partial charge in [-0.05, 0) is 42.2 Å². The van der Waals surface area contributed by atoms with Gasteiger partial charge in [-0.1, -0.05) is 36.4 Å². The van der Waals surface area contributed by atoms with Crippen LogP contribution in [0.25, 0.3) is 0 Å². The van der Waals surface area contributed by atoms with Gasteiger partial charge in [-0.25, -0.2) is 9.37 Å². The monoisotopic (exact) mass is 379 g/mol. The standard InChI is InChI=1S/C22H26FN5/c1-16-4-9-20(12-21(16)23)17(2)27-22(24-3)26-13-18-5-7-19(8-6-18)14-28-11-10-25-15-28/h4-12,15,17H,13-14H2,1-3H3,(H2,24,26,27). The van der Waals surface area contributed by atoms with Gasteiger partial charge in [0.25, 0.3) is 0 Å². The zero-order valence-corrected chi connectivity index (χ0v) is 16.5. The van der Waals surface area contributed by atoms with Gasteiger partial charge in [0.2, 0.25) is 0 Å². The molecule has 28 heavy (non-hydrogen) atoms. The Kier molecular flexibility index (Phi) is 6.42. The third kappa shape index (κ3) is 5.19. The van der Waals surface area contributed by atoms with Crippen molar-refractivity contribution in [1.29, 1.82) is 0 Å². The number of aromatic nitrogens is 2. The number of aryl methyl sites for hydroxylation is 1. The molecule has 0 aliphatic carbocycles. The Morgan fingerprint density at radius 1 is 1.18 bits per heavy atom. The highest BCUT2D eigenvalue weighted by Crippen LogP contribution is 2.16. The predicted molar refractivity (Wildman–Crippen MR) is 111 cm³/mol. The van der Waals surface area contributed by atoms with Gasteiger partial charge in [0.05, 0.1) is 12.4 Å². The first-order chi connectivity index (χ1) is 13.5. The van der Waals surface area contributed by atoms with E-state index in [1.807, 2.05) is 30.1 Å². The molecule has 0 aliphatic heterocycles. The lowest BCUT2D eigenvalue weighted by Gasteiger charge is -2.19. The largest absolute Gasteiger partial charge is 0.352 e. The number of nitrogens with zero attached hydrogens (tertiary/aromatic N) is 3. The van der Waals surface area contributed by atoms with Crippen molar-refractivity contribution >= 4 is 5.96 Å². The maximum Gasteiger partial charge on any atom is 0.191 e. The third-order valence-corrected chi connectivity index (χ3v) is 4.68. The predicted octanol–water partition coefficient (Wildman–Crippen LogP) is 3.81.